The minimum atomic E-state index is 0. The zero-order chi connectivity index (χ0) is 18.2. The fourth-order valence-corrected chi connectivity index (χ4v) is 4.23. The van der Waals surface area contributed by atoms with E-state index in [1.165, 1.54) is 70.6 Å². The topological polar surface area (TPSA) is 67.1 Å². The average Bonchev–Trinajstić information content (AvgIpc) is 3.28. The normalized spacial score (nSPS) is 19.1. The van der Waals surface area contributed by atoms with Crippen LogP contribution in [0.25, 0.3) is 0 Å². The van der Waals surface area contributed by atoms with Crippen LogP contribution >= 0.6 is 24.0 Å². The van der Waals surface area contributed by atoms with E-state index in [0.29, 0.717) is 12.6 Å². The Kier molecular flexibility index (Phi) is 9.86. The van der Waals surface area contributed by atoms with Crippen molar-refractivity contribution >= 4 is 29.9 Å². The van der Waals surface area contributed by atoms with Gasteiger partial charge in [0.25, 0.3) is 0 Å². The van der Waals surface area contributed by atoms with Crippen LogP contribution in [0.2, 0.25) is 0 Å². The monoisotopic (exact) mass is 488 g/mol. The number of aromatic nitrogens is 3. The van der Waals surface area contributed by atoms with Crippen molar-refractivity contribution in [1.29, 1.82) is 0 Å². The van der Waals surface area contributed by atoms with E-state index in [4.69, 9.17) is 4.99 Å². The van der Waals surface area contributed by atoms with Crippen LogP contribution in [-0.2, 0) is 13.6 Å². The SMILES string of the molecule is Cc1nnc(CN=C(NCCCC2CCCC2)NC2CCCCC2)n1C.I. The molecule has 0 bridgehead atoms. The lowest BCUT2D eigenvalue weighted by molar-refractivity contribution is 0.408. The van der Waals surface area contributed by atoms with Crippen molar-refractivity contribution < 1.29 is 0 Å². The minimum Gasteiger partial charge on any atom is -0.356 e. The first kappa shape index (κ1) is 22.4. The Hall–Kier alpha value is -0.860. The first-order valence-electron chi connectivity index (χ1n) is 10.6. The number of hydrogen-bond acceptors (Lipinski definition) is 3. The Bertz CT molecular complexity index is 573. The van der Waals surface area contributed by atoms with Gasteiger partial charge in [-0.3, -0.25) is 0 Å². The zero-order valence-electron chi connectivity index (χ0n) is 17.0. The molecule has 0 saturated heterocycles. The van der Waals surface area contributed by atoms with Gasteiger partial charge in [0.1, 0.15) is 12.4 Å². The molecule has 2 aliphatic carbocycles. The molecule has 1 aromatic rings. The van der Waals surface area contributed by atoms with Crippen molar-refractivity contribution in [3.05, 3.63) is 11.6 Å². The van der Waals surface area contributed by atoms with Crippen LogP contribution in [0, 0.1) is 12.8 Å². The highest BCUT2D eigenvalue weighted by atomic mass is 127. The van der Waals surface area contributed by atoms with Crippen LogP contribution in [-0.4, -0.2) is 33.3 Å². The second-order valence-electron chi connectivity index (χ2n) is 8.09. The maximum absolute atomic E-state index is 4.80. The molecule has 1 heterocycles. The highest BCUT2D eigenvalue weighted by Crippen LogP contribution is 2.28. The molecule has 0 unspecified atom stereocenters. The zero-order valence-corrected chi connectivity index (χ0v) is 19.4. The second-order valence-corrected chi connectivity index (χ2v) is 8.09. The van der Waals surface area contributed by atoms with Crippen molar-refractivity contribution in [2.45, 2.75) is 90.1 Å². The summed E-state index contributed by atoms with van der Waals surface area (Å²) in [5.74, 6) is 3.76. The van der Waals surface area contributed by atoms with E-state index in [2.05, 4.69) is 20.8 Å². The van der Waals surface area contributed by atoms with Gasteiger partial charge < -0.3 is 15.2 Å². The summed E-state index contributed by atoms with van der Waals surface area (Å²) in [6, 6.07) is 0.561. The van der Waals surface area contributed by atoms with Crippen molar-refractivity contribution in [1.82, 2.24) is 25.4 Å². The summed E-state index contributed by atoms with van der Waals surface area (Å²) in [6.07, 6.45) is 14.9. The quantitative estimate of drug-likeness (QED) is 0.263. The van der Waals surface area contributed by atoms with Crippen molar-refractivity contribution in [2.24, 2.45) is 18.0 Å². The number of nitrogens with one attached hydrogen (secondary N) is 2. The summed E-state index contributed by atoms with van der Waals surface area (Å²) in [5.41, 5.74) is 0. The number of hydrogen-bond donors (Lipinski definition) is 2. The standard InChI is InChI=1S/C20H36N6.HI/c1-16-24-25-19(26(16)2)15-22-20(23-18-12-4-3-5-13-18)21-14-8-11-17-9-6-7-10-17;/h17-18H,3-15H2,1-2H3,(H2,21,22,23);1H. The first-order valence-corrected chi connectivity index (χ1v) is 10.6. The van der Waals surface area contributed by atoms with Crippen LogP contribution in [0.4, 0.5) is 0 Å². The third kappa shape index (κ3) is 7.23. The number of guanidine groups is 1. The number of halogens is 1. The molecule has 0 radical (unpaired) electrons. The van der Waals surface area contributed by atoms with Gasteiger partial charge in [0.15, 0.2) is 11.8 Å². The van der Waals surface area contributed by atoms with E-state index >= 15 is 0 Å². The lowest BCUT2D eigenvalue weighted by atomic mass is 9.96. The molecule has 1 aromatic heterocycles. The van der Waals surface area contributed by atoms with E-state index in [1.807, 2.05) is 18.5 Å². The maximum atomic E-state index is 4.80. The molecule has 2 saturated carbocycles. The lowest BCUT2D eigenvalue weighted by Crippen LogP contribution is -2.44. The summed E-state index contributed by atoms with van der Waals surface area (Å²) in [7, 11) is 2.00. The van der Waals surface area contributed by atoms with Gasteiger partial charge in [-0.25, -0.2) is 4.99 Å². The molecule has 154 valence electrons. The van der Waals surface area contributed by atoms with Gasteiger partial charge in [-0.15, -0.1) is 34.2 Å². The molecule has 2 N–H and O–H groups in total. The van der Waals surface area contributed by atoms with Crippen molar-refractivity contribution in [2.75, 3.05) is 6.54 Å². The van der Waals surface area contributed by atoms with Gasteiger partial charge in [-0.05, 0) is 38.5 Å². The molecule has 2 aliphatic rings. The summed E-state index contributed by atoms with van der Waals surface area (Å²) in [5, 5.41) is 15.6. The molecule has 7 heteroatoms. The molecule has 0 aromatic carbocycles. The van der Waals surface area contributed by atoms with E-state index in [0.717, 1.165) is 30.1 Å². The molecule has 0 aliphatic heterocycles. The van der Waals surface area contributed by atoms with Crippen LogP contribution in [0.3, 0.4) is 0 Å². The Morgan fingerprint density at radius 3 is 2.44 bits per heavy atom. The molecular formula is C20H37IN6. The van der Waals surface area contributed by atoms with E-state index in [9.17, 15) is 0 Å². The summed E-state index contributed by atoms with van der Waals surface area (Å²) in [6.45, 7) is 3.55. The van der Waals surface area contributed by atoms with Gasteiger partial charge in [-0.1, -0.05) is 44.9 Å². The van der Waals surface area contributed by atoms with Gasteiger partial charge in [-0.2, -0.15) is 0 Å². The van der Waals surface area contributed by atoms with Crippen LogP contribution < -0.4 is 10.6 Å². The predicted octanol–water partition coefficient (Wildman–Crippen LogP) is 4.08. The molecule has 0 spiro atoms. The van der Waals surface area contributed by atoms with Crippen molar-refractivity contribution in [3.63, 3.8) is 0 Å². The lowest BCUT2D eigenvalue weighted by Gasteiger charge is -2.25. The second kappa shape index (κ2) is 11.9. The van der Waals surface area contributed by atoms with Crippen LogP contribution in [0.15, 0.2) is 4.99 Å². The number of nitrogens with zero attached hydrogens (tertiary/aromatic N) is 4. The smallest absolute Gasteiger partial charge is 0.191 e. The van der Waals surface area contributed by atoms with Crippen molar-refractivity contribution in [3.8, 4) is 0 Å². The van der Waals surface area contributed by atoms with E-state index in [-0.39, 0.29) is 24.0 Å². The summed E-state index contributed by atoms with van der Waals surface area (Å²) >= 11 is 0. The van der Waals surface area contributed by atoms with Gasteiger partial charge in [0, 0.05) is 19.6 Å². The molecule has 0 amide bonds. The summed E-state index contributed by atoms with van der Waals surface area (Å²) < 4.78 is 2.02. The average molecular weight is 488 g/mol. The van der Waals surface area contributed by atoms with Gasteiger partial charge in [0.2, 0.25) is 0 Å². The molecule has 0 atom stereocenters. The fourth-order valence-electron chi connectivity index (χ4n) is 4.23. The molecule has 2 fully saturated rings. The van der Waals surface area contributed by atoms with Crippen LogP contribution in [0.1, 0.15) is 82.3 Å². The first-order chi connectivity index (χ1) is 12.7. The molecule has 27 heavy (non-hydrogen) atoms. The van der Waals surface area contributed by atoms with Gasteiger partial charge in [0.05, 0.1) is 0 Å². The maximum Gasteiger partial charge on any atom is 0.191 e. The fraction of sp³-hybridized carbons (Fsp3) is 0.850. The number of rotatable bonds is 7. The summed E-state index contributed by atoms with van der Waals surface area (Å²) in [4.78, 5) is 4.80. The Morgan fingerprint density at radius 2 is 1.78 bits per heavy atom. The minimum absolute atomic E-state index is 0. The molecule has 3 rings (SSSR count). The Morgan fingerprint density at radius 1 is 1.07 bits per heavy atom. The Balaban J connectivity index is 0.00000261. The van der Waals surface area contributed by atoms with Crippen LogP contribution in [0.5, 0.6) is 0 Å². The van der Waals surface area contributed by atoms with Gasteiger partial charge >= 0.3 is 0 Å². The Labute approximate surface area is 181 Å². The number of aryl methyl sites for hydroxylation is 1. The highest BCUT2D eigenvalue weighted by molar-refractivity contribution is 14.0. The third-order valence-electron chi connectivity index (χ3n) is 6.06. The molecule has 6 nitrogen and oxygen atoms in total. The van der Waals surface area contributed by atoms with E-state index < -0.39 is 0 Å². The third-order valence-corrected chi connectivity index (χ3v) is 6.06. The predicted molar refractivity (Wildman–Crippen MR) is 121 cm³/mol. The highest BCUT2D eigenvalue weighted by Gasteiger charge is 2.16. The largest absolute Gasteiger partial charge is 0.356 e. The number of aliphatic imine (C=N–C) groups is 1. The van der Waals surface area contributed by atoms with E-state index in [1.54, 1.807) is 0 Å². The molecular weight excluding hydrogens is 451 g/mol.